The van der Waals surface area contributed by atoms with Crippen LogP contribution in [0.3, 0.4) is 0 Å². The average molecular weight is 268 g/mol. The first-order valence-electron chi connectivity index (χ1n) is 6.95. The number of fused-ring (bicyclic) bond motifs is 2. The molecular formula is C15H16N4O. The van der Waals surface area contributed by atoms with Gasteiger partial charge in [0.25, 0.3) is 0 Å². The van der Waals surface area contributed by atoms with E-state index in [9.17, 15) is 0 Å². The summed E-state index contributed by atoms with van der Waals surface area (Å²) >= 11 is 0. The molecule has 20 heavy (non-hydrogen) atoms. The summed E-state index contributed by atoms with van der Waals surface area (Å²) in [6.45, 7) is 4.39. The topological polar surface area (TPSA) is 55.7 Å². The van der Waals surface area contributed by atoms with Crippen molar-refractivity contribution in [3.05, 3.63) is 36.0 Å². The number of imidazole rings is 1. The largest absolute Gasteiger partial charge is 0.372 e. The number of aryl methyl sites for hydroxylation is 1. The van der Waals surface area contributed by atoms with Gasteiger partial charge in [-0.2, -0.15) is 0 Å². The van der Waals surface area contributed by atoms with Crippen molar-refractivity contribution in [2.75, 3.05) is 6.61 Å². The van der Waals surface area contributed by atoms with E-state index in [4.69, 9.17) is 4.74 Å². The van der Waals surface area contributed by atoms with Gasteiger partial charge in [0, 0.05) is 36.1 Å². The number of aromatic amines is 1. The van der Waals surface area contributed by atoms with Gasteiger partial charge in [-0.3, -0.25) is 0 Å². The van der Waals surface area contributed by atoms with Gasteiger partial charge < -0.3 is 14.3 Å². The molecule has 3 aromatic rings. The molecule has 0 unspecified atom stereocenters. The van der Waals surface area contributed by atoms with Crippen molar-refractivity contribution in [3.8, 4) is 11.3 Å². The smallest absolute Gasteiger partial charge is 0.137 e. The van der Waals surface area contributed by atoms with Crippen LogP contribution in [0, 0.1) is 0 Å². The van der Waals surface area contributed by atoms with Gasteiger partial charge in [-0.15, -0.1) is 0 Å². The summed E-state index contributed by atoms with van der Waals surface area (Å²) in [5.74, 6) is 0.996. The van der Waals surface area contributed by atoms with Crippen LogP contribution in [0.1, 0.15) is 18.3 Å². The summed E-state index contributed by atoms with van der Waals surface area (Å²) in [5.41, 5.74) is 4.27. The maximum Gasteiger partial charge on any atom is 0.137 e. The molecule has 0 saturated heterocycles. The number of H-pyrrole nitrogens is 1. The number of pyridine rings is 1. The van der Waals surface area contributed by atoms with E-state index in [1.54, 1.807) is 0 Å². The average Bonchev–Trinajstić information content (AvgIpc) is 3.10. The molecule has 0 amide bonds. The predicted octanol–water partition coefficient (Wildman–Crippen LogP) is 2.52. The maximum absolute atomic E-state index is 5.44. The van der Waals surface area contributed by atoms with E-state index >= 15 is 0 Å². The fourth-order valence-corrected chi connectivity index (χ4v) is 2.72. The number of ether oxygens (including phenoxy) is 1. The van der Waals surface area contributed by atoms with Crippen LogP contribution in [0.4, 0.5) is 0 Å². The molecule has 1 N–H and O–H groups in total. The van der Waals surface area contributed by atoms with E-state index < -0.39 is 0 Å². The van der Waals surface area contributed by atoms with Gasteiger partial charge in [-0.05, 0) is 18.1 Å². The van der Waals surface area contributed by atoms with E-state index in [0.29, 0.717) is 6.61 Å². The molecule has 0 saturated carbocycles. The third-order valence-electron chi connectivity index (χ3n) is 3.86. The number of nitrogens with zero attached hydrogens (tertiary/aromatic N) is 3. The first-order valence-corrected chi connectivity index (χ1v) is 6.95. The van der Waals surface area contributed by atoms with E-state index in [-0.39, 0.29) is 0 Å². The molecule has 1 aliphatic rings. The van der Waals surface area contributed by atoms with E-state index in [1.165, 1.54) is 10.9 Å². The predicted molar refractivity (Wildman–Crippen MR) is 76.3 cm³/mol. The van der Waals surface area contributed by atoms with Gasteiger partial charge in [-0.1, -0.05) is 6.92 Å². The summed E-state index contributed by atoms with van der Waals surface area (Å²) in [6.07, 6.45) is 7.01. The highest BCUT2D eigenvalue weighted by Crippen LogP contribution is 2.25. The SMILES string of the molecule is CCc1c[nH]c2ncc(-c3cn4c(n3)COCC4)cc12. The molecule has 1 aliphatic heterocycles. The molecule has 102 valence electrons. The Hall–Kier alpha value is -2.14. The maximum atomic E-state index is 5.44. The molecule has 3 aromatic heterocycles. The van der Waals surface area contributed by atoms with Crippen LogP contribution in [0.2, 0.25) is 0 Å². The van der Waals surface area contributed by atoms with Gasteiger partial charge >= 0.3 is 0 Å². The Bertz CT molecular complexity index is 748. The van der Waals surface area contributed by atoms with Crippen molar-refractivity contribution in [2.24, 2.45) is 0 Å². The molecule has 0 aliphatic carbocycles. The molecule has 5 heteroatoms. The first-order chi connectivity index (χ1) is 9.85. The number of hydrogen-bond donors (Lipinski definition) is 1. The highest BCUT2D eigenvalue weighted by atomic mass is 16.5. The van der Waals surface area contributed by atoms with E-state index in [2.05, 4.69) is 38.7 Å². The van der Waals surface area contributed by atoms with E-state index in [0.717, 1.165) is 42.3 Å². The molecule has 0 fully saturated rings. The Kier molecular flexibility index (Phi) is 2.60. The second kappa shape index (κ2) is 4.45. The van der Waals surface area contributed by atoms with Crippen LogP contribution in [-0.4, -0.2) is 26.1 Å². The Morgan fingerprint density at radius 2 is 2.40 bits per heavy atom. The first kappa shape index (κ1) is 11.7. The summed E-state index contributed by atoms with van der Waals surface area (Å²) < 4.78 is 7.60. The quantitative estimate of drug-likeness (QED) is 0.777. The normalized spacial score (nSPS) is 14.7. The third kappa shape index (κ3) is 1.74. The number of hydrogen-bond acceptors (Lipinski definition) is 3. The number of aromatic nitrogens is 4. The highest BCUT2D eigenvalue weighted by Gasteiger charge is 2.14. The van der Waals surface area contributed by atoms with Crippen LogP contribution in [0.5, 0.6) is 0 Å². The van der Waals surface area contributed by atoms with Crippen molar-refractivity contribution >= 4 is 11.0 Å². The molecule has 5 nitrogen and oxygen atoms in total. The zero-order valence-electron chi connectivity index (χ0n) is 11.4. The standard InChI is InChI=1S/C15H16N4O/c1-2-10-6-16-15-12(10)5-11(7-17-15)13-8-19-3-4-20-9-14(19)18-13/h5-8H,2-4,9H2,1H3,(H,16,17). The van der Waals surface area contributed by atoms with Crippen molar-refractivity contribution in [3.63, 3.8) is 0 Å². The molecule has 4 heterocycles. The Morgan fingerprint density at radius 3 is 3.25 bits per heavy atom. The summed E-state index contributed by atoms with van der Waals surface area (Å²) in [5, 5.41) is 1.19. The van der Waals surface area contributed by atoms with Crippen molar-refractivity contribution in [2.45, 2.75) is 26.5 Å². The number of nitrogens with one attached hydrogen (secondary N) is 1. The molecule has 0 atom stereocenters. The zero-order chi connectivity index (χ0) is 13.5. The molecular weight excluding hydrogens is 252 g/mol. The molecule has 4 rings (SSSR count). The second-order valence-electron chi connectivity index (χ2n) is 5.08. The monoisotopic (exact) mass is 268 g/mol. The van der Waals surface area contributed by atoms with Crippen molar-refractivity contribution in [1.82, 2.24) is 19.5 Å². The third-order valence-corrected chi connectivity index (χ3v) is 3.86. The molecule has 0 radical (unpaired) electrons. The van der Waals surface area contributed by atoms with Crippen LogP contribution < -0.4 is 0 Å². The lowest BCUT2D eigenvalue weighted by Gasteiger charge is -2.13. The number of rotatable bonds is 2. The molecule has 0 bridgehead atoms. The Balaban J connectivity index is 1.82. The second-order valence-corrected chi connectivity index (χ2v) is 5.08. The summed E-state index contributed by atoms with van der Waals surface area (Å²) in [4.78, 5) is 12.4. The Labute approximate surface area is 116 Å². The molecule has 0 spiro atoms. The lowest BCUT2D eigenvalue weighted by atomic mass is 10.1. The van der Waals surface area contributed by atoms with Crippen LogP contribution in [-0.2, 0) is 24.3 Å². The van der Waals surface area contributed by atoms with Crippen LogP contribution in [0.25, 0.3) is 22.3 Å². The van der Waals surface area contributed by atoms with Gasteiger partial charge in [0.05, 0.1) is 12.3 Å². The molecule has 0 aromatic carbocycles. The lowest BCUT2D eigenvalue weighted by Crippen LogP contribution is -2.15. The zero-order valence-corrected chi connectivity index (χ0v) is 11.4. The summed E-state index contributed by atoms with van der Waals surface area (Å²) in [7, 11) is 0. The van der Waals surface area contributed by atoms with Gasteiger partial charge in [0.1, 0.15) is 18.1 Å². The minimum absolute atomic E-state index is 0.597. The highest BCUT2D eigenvalue weighted by molar-refractivity contribution is 5.84. The van der Waals surface area contributed by atoms with Gasteiger partial charge in [-0.25, -0.2) is 9.97 Å². The lowest BCUT2D eigenvalue weighted by molar-refractivity contribution is 0.0816. The van der Waals surface area contributed by atoms with Crippen molar-refractivity contribution < 1.29 is 4.74 Å². The minimum Gasteiger partial charge on any atom is -0.372 e. The van der Waals surface area contributed by atoms with Gasteiger partial charge in [0.2, 0.25) is 0 Å². The van der Waals surface area contributed by atoms with Gasteiger partial charge in [0.15, 0.2) is 0 Å². The minimum atomic E-state index is 0.597. The van der Waals surface area contributed by atoms with Crippen LogP contribution >= 0.6 is 0 Å². The fourth-order valence-electron chi connectivity index (χ4n) is 2.72. The summed E-state index contributed by atoms with van der Waals surface area (Å²) in [6, 6.07) is 2.17. The fraction of sp³-hybridized carbons (Fsp3) is 0.333. The van der Waals surface area contributed by atoms with Crippen molar-refractivity contribution in [1.29, 1.82) is 0 Å². The van der Waals surface area contributed by atoms with E-state index in [1.807, 2.05) is 12.4 Å². The Morgan fingerprint density at radius 1 is 1.45 bits per heavy atom. The van der Waals surface area contributed by atoms with Crippen LogP contribution in [0.15, 0.2) is 24.7 Å².